The van der Waals surface area contributed by atoms with E-state index in [1.807, 2.05) is 19.9 Å². The van der Waals surface area contributed by atoms with Crippen LogP contribution in [0.5, 0.6) is 0 Å². The van der Waals surface area contributed by atoms with Gasteiger partial charge in [0.1, 0.15) is 5.52 Å². The number of aromatic nitrogens is 3. The molecule has 0 spiro atoms. The normalized spacial score (nSPS) is 22.4. The van der Waals surface area contributed by atoms with E-state index in [0.717, 1.165) is 37.1 Å². The maximum Gasteiger partial charge on any atom is 0.223 e. The smallest absolute Gasteiger partial charge is 0.223 e. The number of anilines is 1. The molecule has 128 valence electrons. The number of carbonyl (C=O) groups excluding carboxylic acids is 1. The van der Waals surface area contributed by atoms with Gasteiger partial charge in [-0.1, -0.05) is 20.8 Å². The molecule has 0 unspecified atom stereocenters. The standard InChI is InChI=1S/C18H25N5O/c1-4-13(3)18(24)22-14-9-12(2)10-23(11-14)15-5-6-20-17-16(15)19-7-8-21-17/h5-8,12-14H,4,9-11H2,1-3H3,(H,22,24)/t12-,13+,14+/m0/s1. The zero-order valence-electron chi connectivity index (χ0n) is 14.6. The van der Waals surface area contributed by atoms with E-state index >= 15 is 0 Å². The lowest BCUT2D eigenvalue weighted by Crippen LogP contribution is -2.51. The summed E-state index contributed by atoms with van der Waals surface area (Å²) in [6.45, 7) is 7.99. The van der Waals surface area contributed by atoms with Gasteiger partial charge in [-0.3, -0.25) is 4.79 Å². The third-order valence-corrected chi connectivity index (χ3v) is 4.76. The highest BCUT2D eigenvalue weighted by Gasteiger charge is 2.28. The van der Waals surface area contributed by atoms with E-state index in [1.54, 1.807) is 18.6 Å². The SMILES string of the molecule is CC[C@@H](C)C(=O)N[C@@H]1C[C@H](C)CN(c2ccnc3nccnc23)C1. The molecule has 24 heavy (non-hydrogen) atoms. The zero-order valence-corrected chi connectivity index (χ0v) is 14.6. The van der Waals surface area contributed by atoms with Gasteiger partial charge in [0.2, 0.25) is 5.91 Å². The Kier molecular flexibility index (Phi) is 4.92. The summed E-state index contributed by atoms with van der Waals surface area (Å²) in [4.78, 5) is 27.6. The van der Waals surface area contributed by atoms with Crippen LogP contribution >= 0.6 is 0 Å². The molecule has 6 nitrogen and oxygen atoms in total. The van der Waals surface area contributed by atoms with Crippen LogP contribution < -0.4 is 10.2 Å². The average molecular weight is 327 g/mol. The van der Waals surface area contributed by atoms with Crippen molar-refractivity contribution in [2.45, 2.75) is 39.7 Å². The molecule has 0 aliphatic carbocycles. The van der Waals surface area contributed by atoms with Crippen LogP contribution in [0.2, 0.25) is 0 Å². The highest BCUT2D eigenvalue weighted by atomic mass is 16.1. The van der Waals surface area contributed by atoms with Gasteiger partial charge in [0.25, 0.3) is 0 Å². The number of rotatable bonds is 4. The predicted molar refractivity (Wildman–Crippen MR) is 94.7 cm³/mol. The van der Waals surface area contributed by atoms with Crippen molar-refractivity contribution in [3.63, 3.8) is 0 Å². The predicted octanol–water partition coefficient (Wildman–Crippen LogP) is 2.40. The van der Waals surface area contributed by atoms with Crippen molar-refractivity contribution in [3.8, 4) is 0 Å². The van der Waals surface area contributed by atoms with Crippen LogP contribution in [0.4, 0.5) is 5.69 Å². The first-order valence-corrected chi connectivity index (χ1v) is 8.69. The Bertz CT molecular complexity index is 714. The molecule has 2 aromatic heterocycles. The fourth-order valence-electron chi connectivity index (χ4n) is 3.30. The minimum absolute atomic E-state index is 0.0586. The number of nitrogens with zero attached hydrogens (tertiary/aromatic N) is 4. The fraction of sp³-hybridized carbons (Fsp3) is 0.556. The molecule has 6 heteroatoms. The Balaban J connectivity index is 1.81. The topological polar surface area (TPSA) is 71.0 Å². The Morgan fingerprint density at radius 3 is 2.83 bits per heavy atom. The quantitative estimate of drug-likeness (QED) is 0.934. The van der Waals surface area contributed by atoms with Crippen molar-refractivity contribution >= 4 is 22.8 Å². The second kappa shape index (κ2) is 7.11. The summed E-state index contributed by atoms with van der Waals surface area (Å²) < 4.78 is 0. The minimum Gasteiger partial charge on any atom is -0.367 e. The zero-order chi connectivity index (χ0) is 17.1. The number of carbonyl (C=O) groups is 1. The molecule has 3 atom stereocenters. The maximum atomic E-state index is 12.2. The summed E-state index contributed by atoms with van der Waals surface area (Å²) in [6, 6.07) is 2.15. The number of nitrogens with one attached hydrogen (secondary N) is 1. The molecule has 1 aliphatic rings. The largest absolute Gasteiger partial charge is 0.367 e. The Morgan fingerprint density at radius 1 is 1.29 bits per heavy atom. The third-order valence-electron chi connectivity index (χ3n) is 4.76. The van der Waals surface area contributed by atoms with Gasteiger partial charge in [-0.15, -0.1) is 0 Å². The number of fused-ring (bicyclic) bond motifs is 1. The fourth-order valence-corrected chi connectivity index (χ4v) is 3.30. The van der Waals surface area contributed by atoms with E-state index in [0.29, 0.717) is 11.6 Å². The maximum absolute atomic E-state index is 12.2. The second-order valence-electron chi connectivity index (χ2n) is 6.82. The van der Waals surface area contributed by atoms with Crippen LogP contribution in [0.25, 0.3) is 11.2 Å². The van der Waals surface area contributed by atoms with Crippen molar-refractivity contribution < 1.29 is 4.79 Å². The Morgan fingerprint density at radius 2 is 2.04 bits per heavy atom. The number of hydrogen-bond acceptors (Lipinski definition) is 5. The molecule has 3 rings (SSSR count). The molecule has 1 aliphatic heterocycles. The first-order chi connectivity index (χ1) is 11.6. The van der Waals surface area contributed by atoms with Crippen molar-refractivity contribution in [3.05, 3.63) is 24.7 Å². The minimum atomic E-state index is 0.0586. The van der Waals surface area contributed by atoms with E-state index in [4.69, 9.17) is 0 Å². The van der Waals surface area contributed by atoms with Gasteiger partial charge in [-0.2, -0.15) is 0 Å². The second-order valence-corrected chi connectivity index (χ2v) is 6.82. The van der Waals surface area contributed by atoms with Crippen molar-refractivity contribution in [2.24, 2.45) is 11.8 Å². The molecule has 1 N–H and O–H groups in total. The van der Waals surface area contributed by atoms with Crippen molar-refractivity contribution in [1.82, 2.24) is 20.3 Å². The van der Waals surface area contributed by atoms with Crippen LogP contribution in [0.1, 0.15) is 33.6 Å². The lowest BCUT2D eigenvalue weighted by Gasteiger charge is -2.38. The molecular weight excluding hydrogens is 302 g/mol. The molecule has 1 amide bonds. The van der Waals surface area contributed by atoms with Crippen LogP contribution in [-0.4, -0.2) is 40.0 Å². The third kappa shape index (κ3) is 3.47. The summed E-state index contributed by atoms with van der Waals surface area (Å²) in [7, 11) is 0. The van der Waals surface area contributed by atoms with E-state index < -0.39 is 0 Å². The van der Waals surface area contributed by atoms with E-state index in [1.165, 1.54) is 0 Å². The molecular formula is C18H25N5O. The van der Waals surface area contributed by atoms with Gasteiger partial charge in [0, 0.05) is 43.6 Å². The van der Waals surface area contributed by atoms with Gasteiger partial charge < -0.3 is 10.2 Å². The van der Waals surface area contributed by atoms with Crippen molar-refractivity contribution in [2.75, 3.05) is 18.0 Å². The highest BCUT2D eigenvalue weighted by Crippen LogP contribution is 2.27. The first-order valence-electron chi connectivity index (χ1n) is 8.69. The molecule has 0 saturated carbocycles. The van der Waals surface area contributed by atoms with Crippen LogP contribution in [0, 0.1) is 11.8 Å². The van der Waals surface area contributed by atoms with E-state index in [9.17, 15) is 4.79 Å². The molecule has 3 heterocycles. The molecule has 1 saturated heterocycles. The summed E-state index contributed by atoms with van der Waals surface area (Å²) in [5, 5.41) is 3.22. The van der Waals surface area contributed by atoms with Gasteiger partial charge in [-0.05, 0) is 24.8 Å². The molecule has 0 aromatic carbocycles. The lowest BCUT2D eigenvalue weighted by molar-refractivity contribution is -0.125. The van der Waals surface area contributed by atoms with Gasteiger partial charge >= 0.3 is 0 Å². The summed E-state index contributed by atoms with van der Waals surface area (Å²) in [5.74, 6) is 0.708. The number of amides is 1. The Hall–Kier alpha value is -2.24. The van der Waals surface area contributed by atoms with Crippen molar-refractivity contribution in [1.29, 1.82) is 0 Å². The van der Waals surface area contributed by atoms with Gasteiger partial charge in [-0.25, -0.2) is 15.0 Å². The van der Waals surface area contributed by atoms with Crippen LogP contribution in [0.3, 0.4) is 0 Å². The lowest BCUT2D eigenvalue weighted by atomic mass is 9.94. The van der Waals surface area contributed by atoms with Crippen LogP contribution in [-0.2, 0) is 4.79 Å². The monoisotopic (exact) mass is 327 g/mol. The van der Waals surface area contributed by atoms with Gasteiger partial charge in [0.15, 0.2) is 5.65 Å². The molecule has 0 radical (unpaired) electrons. The summed E-state index contributed by atoms with van der Waals surface area (Å²) >= 11 is 0. The summed E-state index contributed by atoms with van der Waals surface area (Å²) in [6.07, 6.45) is 7.00. The number of piperidine rings is 1. The molecule has 0 bridgehead atoms. The van der Waals surface area contributed by atoms with E-state index in [2.05, 4.69) is 32.1 Å². The molecule has 2 aromatic rings. The average Bonchev–Trinajstić information content (AvgIpc) is 2.60. The van der Waals surface area contributed by atoms with Gasteiger partial charge in [0.05, 0.1) is 5.69 Å². The number of pyridine rings is 1. The van der Waals surface area contributed by atoms with E-state index in [-0.39, 0.29) is 17.9 Å². The first kappa shape index (κ1) is 16.6. The van der Waals surface area contributed by atoms with Crippen LogP contribution in [0.15, 0.2) is 24.7 Å². The highest BCUT2D eigenvalue weighted by molar-refractivity contribution is 5.85. The Labute approximate surface area is 142 Å². The number of hydrogen-bond donors (Lipinski definition) is 1. The molecule has 1 fully saturated rings. The summed E-state index contributed by atoms with van der Waals surface area (Å²) in [5.41, 5.74) is 2.52.